The lowest BCUT2D eigenvalue weighted by atomic mass is 10.3. The van der Waals surface area contributed by atoms with Crippen LogP contribution in [0.4, 0.5) is 5.95 Å². The molecule has 0 atom stereocenters. The summed E-state index contributed by atoms with van der Waals surface area (Å²) in [6.07, 6.45) is 2.17. The van der Waals surface area contributed by atoms with Crippen LogP contribution in [0.2, 0.25) is 0 Å². The van der Waals surface area contributed by atoms with E-state index in [0.29, 0.717) is 17.7 Å². The van der Waals surface area contributed by atoms with Gasteiger partial charge in [0.2, 0.25) is 5.95 Å². The number of carbonyl (C=O) groups is 1. The Morgan fingerprint density at radius 3 is 2.60 bits per heavy atom. The summed E-state index contributed by atoms with van der Waals surface area (Å²) in [6, 6.07) is 2.11. The van der Waals surface area contributed by atoms with Crippen LogP contribution in [0, 0.1) is 6.92 Å². The van der Waals surface area contributed by atoms with Crippen LogP contribution in [0.15, 0.2) is 6.07 Å². The number of hydrogen-bond acceptors (Lipinski definition) is 5. The number of hydrogen-bond donors (Lipinski definition) is 1. The lowest BCUT2D eigenvalue weighted by molar-refractivity contribution is 0.0946. The SMILES string of the molecule is Cc1cc(C(=O)NC2CC2)nc(N2CCN(C)CC2)n1. The van der Waals surface area contributed by atoms with Crippen LogP contribution >= 0.6 is 0 Å². The van der Waals surface area contributed by atoms with Crippen LogP contribution in [0.3, 0.4) is 0 Å². The number of anilines is 1. The maximum Gasteiger partial charge on any atom is 0.270 e. The monoisotopic (exact) mass is 275 g/mol. The third-order valence-electron chi connectivity index (χ3n) is 3.77. The van der Waals surface area contributed by atoms with E-state index in [9.17, 15) is 4.79 Å². The van der Waals surface area contributed by atoms with Gasteiger partial charge in [0.25, 0.3) is 5.91 Å². The first-order chi connectivity index (χ1) is 9.61. The predicted octanol–water partition coefficient (Wildman–Crippen LogP) is 0.429. The van der Waals surface area contributed by atoms with Crippen molar-refractivity contribution >= 4 is 11.9 Å². The highest BCUT2D eigenvalue weighted by Crippen LogP contribution is 2.19. The highest BCUT2D eigenvalue weighted by molar-refractivity contribution is 5.93. The maximum atomic E-state index is 12.1. The van der Waals surface area contributed by atoms with E-state index < -0.39 is 0 Å². The van der Waals surface area contributed by atoms with Gasteiger partial charge in [0, 0.05) is 37.9 Å². The van der Waals surface area contributed by atoms with E-state index >= 15 is 0 Å². The van der Waals surface area contributed by atoms with E-state index in [4.69, 9.17) is 0 Å². The van der Waals surface area contributed by atoms with Gasteiger partial charge >= 0.3 is 0 Å². The summed E-state index contributed by atoms with van der Waals surface area (Å²) in [5, 5.41) is 2.98. The first-order valence-electron chi connectivity index (χ1n) is 7.22. The summed E-state index contributed by atoms with van der Waals surface area (Å²) in [5.74, 6) is 0.604. The average Bonchev–Trinajstić information content (AvgIpc) is 3.22. The third kappa shape index (κ3) is 3.07. The van der Waals surface area contributed by atoms with E-state index in [2.05, 4.69) is 32.1 Å². The Labute approximate surface area is 119 Å². The molecule has 0 unspecified atom stereocenters. The summed E-state index contributed by atoms with van der Waals surface area (Å²) in [7, 11) is 2.11. The van der Waals surface area contributed by atoms with Crippen molar-refractivity contribution in [2.24, 2.45) is 0 Å². The molecule has 3 rings (SSSR count). The molecule has 1 aromatic rings. The van der Waals surface area contributed by atoms with Gasteiger partial charge in [-0.1, -0.05) is 0 Å². The van der Waals surface area contributed by atoms with E-state index in [1.165, 1.54) is 0 Å². The smallest absolute Gasteiger partial charge is 0.270 e. The Bertz CT molecular complexity index is 506. The number of aromatic nitrogens is 2. The minimum Gasteiger partial charge on any atom is -0.348 e. The molecule has 1 amide bonds. The molecule has 2 fully saturated rings. The number of aryl methyl sites for hydroxylation is 1. The topological polar surface area (TPSA) is 61.4 Å². The largest absolute Gasteiger partial charge is 0.348 e. The molecule has 108 valence electrons. The molecule has 0 radical (unpaired) electrons. The fourth-order valence-corrected chi connectivity index (χ4v) is 2.30. The average molecular weight is 275 g/mol. The van der Waals surface area contributed by atoms with Gasteiger partial charge in [0.15, 0.2) is 0 Å². The molecule has 0 bridgehead atoms. The summed E-state index contributed by atoms with van der Waals surface area (Å²) < 4.78 is 0. The van der Waals surface area contributed by atoms with Gasteiger partial charge < -0.3 is 15.1 Å². The number of piperazine rings is 1. The Hall–Kier alpha value is -1.69. The molecule has 1 aliphatic heterocycles. The molecular weight excluding hydrogens is 254 g/mol. The Morgan fingerprint density at radius 2 is 1.95 bits per heavy atom. The number of nitrogens with zero attached hydrogens (tertiary/aromatic N) is 4. The zero-order valence-corrected chi connectivity index (χ0v) is 12.1. The summed E-state index contributed by atoms with van der Waals surface area (Å²) in [6.45, 7) is 5.73. The minimum absolute atomic E-state index is 0.0756. The van der Waals surface area contributed by atoms with Crippen LogP contribution in [0.25, 0.3) is 0 Å². The van der Waals surface area contributed by atoms with Crippen molar-refractivity contribution in [3.05, 3.63) is 17.5 Å². The minimum atomic E-state index is -0.0756. The van der Waals surface area contributed by atoms with Crippen molar-refractivity contribution in [2.45, 2.75) is 25.8 Å². The highest BCUT2D eigenvalue weighted by atomic mass is 16.2. The summed E-state index contributed by atoms with van der Waals surface area (Å²) in [4.78, 5) is 25.5. The van der Waals surface area contributed by atoms with Crippen molar-refractivity contribution in [3.8, 4) is 0 Å². The number of rotatable bonds is 3. The van der Waals surface area contributed by atoms with Gasteiger partial charge in [-0.05, 0) is 32.9 Å². The number of nitrogens with one attached hydrogen (secondary N) is 1. The third-order valence-corrected chi connectivity index (χ3v) is 3.77. The lowest BCUT2D eigenvalue weighted by Gasteiger charge is -2.32. The molecule has 1 aromatic heterocycles. The molecule has 1 N–H and O–H groups in total. The second kappa shape index (κ2) is 5.36. The van der Waals surface area contributed by atoms with E-state index in [-0.39, 0.29) is 5.91 Å². The molecule has 2 heterocycles. The molecule has 0 spiro atoms. The fraction of sp³-hybridized carbons (Fsp3) is 0.643. The van der Waals surface area contributed by atoms with E-state index in [0.717, 1.165) is 44.7 Å². The standard InChI is InChI=1S/C14H21N5O/c1-10-9-12(13(20)16-11-3-4-11)17-14(15-10)19-7-5-18(2)6-8-19/h9,11H,3-8H2,1-2H3,(H,16,20). The molecule has 20 heavy (non-hydrogen) atoms. The molecule has 1 saturated heterocycles. The zero-order chi connectivity index (χ0) is 14.1. The van der Waals surface area contributed by atoms with Crippen LogP contribution in [0.5, 0.6) is 0 Å². The van der Waals surface area contributed by atoms with Gasteiger partial charge in [-0.15, -0.1) is 0 Å². The van der Waals surface area contributed by atoms with Crippen LogP contribution < -0.4 is 10.2 Å². The van der Waals surface area contributed by atoms with Crippen LogP contribution in [-0.2, 0) is 0 Å². The van der Waals surface area contributed by atoms with Gasteiger partial charge in [-0.25, -0.2) is 9.97 Å². The maximum absolute atomic E-state index is 12.1. The fourth-order valence-electron chi connectivity index (χ4n) is 2.30. The Kier molecular flexibility index (Phi) is 3.56. The summed E-state index contributed by atoms with van der Waals surface area (Å²) in [5.41, 5.74) is 1.33. The highest BCUT2D eigenvalue weighted by Gasteiger charge is 2.25. The van der Waals surface area contributed by atoms with Gasteiger partial charge in [0.05, 0.1) is 0 Å². The second-order valence-electron chi connectivity index (χ2n) is 5.73. The molecule has 2 aliphatic rings. The van der Waals surface area contributed by atoms with Crippen molar-refractivity contribution in [3.63, 3.8) is 0 Å². The molecule has 6 nitrogen and oxygen atoms in total. The van der Waals surface area contributed by atoms with Crippen molar-refractivity contribution < 1.29 is 4.79 Å². The van der Waals surface area contributed by atoms with Crippen LogP contribution in [0.1, 0.15) is 29.0 Å². The molecule has 6 heteroatoms. The number of carbonyl (C=O) groups excluding carboxylic acids is 1. The van der Waals surface area contributed by atoms with Gasteiger partial charge in [0.1, 0.15) is 5.69 Å². The Morgan fingerprint density at radius 1 is 1.25 bits per heavy atom. The quantitative estimate of drug-likeness (QED) is 0.867. The first-order valence-corrected chi connectivity index (χ1v) is 7.22. The molecular formula is C14H21N5O. The van der Waals surface area contributed by atoms with Crippen molar-refractivity contribution in [1.29, 1.82) is 0 Å². The van der Waals surface area contributed by atoms with E-state index in [1.54, 1.807) is 6.07 Å². The molecule has 0 aromatic carbocycles. The summed E-state index contributed by atoms with van der Waals surface area (Å²) >= 11 is 0. The first kappa shape index (κ1) is 13.3. The zero-order valence-electron chi connectivity index (χ0n) is 12.1. The number of amides is 1. The number of likely N-dealkylation sites (N-methyl/N-ethyl adjacent to an activating group) is 1. The van der Waals surface area contributed by atoms with Gasteiger partial charge in [-0.2, -0.15) is 0 Å². The molecule has 1 aliphatic carbocycles. The molecule has 1 saturated carbocycles. The van der Waals surface area contributed by atoms with Crippen molar-refractivity contribution in [2.75, 3.05) is 38.1 Å². The lowest BCUT2D eigenvalue weighted by Crippen LogP contribution is -2.45. The predicted molar refractivity (Wildman–Crippen MR) is 77.0 cm³/mol. The van der Waals surface area contributed by atoms with Crippen LogP contribution in [-0.4, -0.2) is 60.0 Å². The normalized spacial score (nSPS) is 20.0. The van der Waals surface area contributed by atoms with E-state index in [1.807, 2.05) is 6.92 Å². The van der Waals surface area contributed by atoms with Gasteiger partial charge in [-0.3, -0.25) is 4.79 Å². The van der Waals surface area contributed by atoms with Crippen molar-refractivity contribution in [1.82, 2.24) is 20.2 Å². The second-order valence-corrected chi connectivity index (χ2v) is 5.73. The Balaban J connectivity index is 1.76.